The summed E-state index contributed by atoms with van der Waals surface area (Å²) in [5.74, 6) is 1.25. The molecule has 2 aliphatic heterocycles. The van der Waals surface area contributed by atoms with Gasteiger partial charge < -0.3 is 29.4 Å². The van der Waals surface area contributed by atoms with Gasteiger partial charge in [0.2, 0.25) is 5.78 Å². The zero-order chi connectivity index (χ0) is 25.1. The lowest BCUT2D eigenvalue weighted by Gasteiger charge is -2.26. The molecular weight excluding hydrogens is 460 g/mol. The second-order valence-corrected chi connectivity index (χ2v) is 8.82. The molecular formula is C27H30N4O5. The Bertz CT molecular complexity index is 1320. The fraction of sp³-hybridized carbons (Fsp3) is 0.333. The highest BCUT2D eigenvalue weighted by molar-refractivity contribution is 6.15. The van der Waals surface area contributed by atoms with E-state index in [1.165, 1.54) is 7.05 Å². The zero-order valence-electron chi connectivity index (χ0n) is 20.5. The predicted octanol–water partition coefficient (Wildman–Crippen LogP) is 3.74. The van der Waals surface area contributed by atoms with Gasteiger partial charge in [-0.15, -0.1) is 0 Å². The number of benzene rings is 2. The number of morpholine rings is 1. The SMILES string of the molecule is CNC(=O)Nc1ccc2c(c1)C(=O)/C(=C/c1cn(CCCN3CCOCC3)c3ccc(OC)cc13)O2. The molecule has 0 spiro atoms. The number of hydrogen-bond acceptors (Lipinski definition) is 6. The molecule has 36 heavy (non-hydrogen) atoms. The van der Waals surface area contributed by atoms with E-state index in [1.807, 2.05) is 18.2 Å². The number of amides is 2. The lowest BCUT2D eigenvalue weighted by Crippen LogP contribution is -2.37. The molecule has 2 aliphatic rings. The highest BCUT2D eigenvalue weighted by Crippen LogP contribution is 2.35. The molecule has 5 rings (SSSR count). The molecule has 0 radical (unpaired) electrons. The number of urea groups is 1. The van der Waals surface area contributed by atoms with Gasteiger partial charge >= 0.3 is 6.03 Å². The monoisotopic (exact) mass is 490 g/mol. The number of carbonyl (C=O) groups excluding carboxylic acids is 2. The van der Waals surface area contributed by atoms with Crippen LogP contribution in [0.15, 0.2) is 48.4 Å². The number of methoxy groups -OCH3 is 1. The molecule has 0 atom stereocenters. The highest BCUT2D eigenvalue weighted by atomic mass is 16.5. The Morgan fingerprint density at radius 1 is 1.14 bits per heavy atom. The highest BCUT2D eigenvalue weighted by Gasteiger charge is 2.28. The third-order valence-electron chi connectivity index (χ3n) is 6.54. The van der Waals surface area contributed by atoms with Gasteiger partial charge in [0, 0.05) is 61.6 Å². The van der Waals surface area contributed by atoms with Gasteiger partial charge in [-0.1, -0.05) is 0 Å². The van der Waals surface area contributed by atoms with Gasteiger partial charge in [0.1, 0.15) is 11.5 Å². The van der Waals surface area contributed by atoms with Crippen LogP contribution in [0.4, 0.5) is 10.5 Å². The minimum absolute atomic E-state index is 0.221. The van der Waals surface area contributed by atoms with Crippen LogP contribution in [0.25, 0.3) is 17.0 Å². The third kappa shape index (κ3) is 4.93. The molecule has 0 unspecified atom stereocenters. The van der Waals surface area contributed by atoms with E-state index in [1.54, 1.807) is 31.4 Å². The maximum absolute atomic E-state index is 13.2. The summed E-state index contributed by atoms with van der Waals surface area (Å²) in [7, 11) is 3.18. The average molecular weight is 491 g/mol. The van der Waals surface area contributed by atoms with Crippen molar-refractivity contribution in [2.24, 2.45) is 0 Å². The van der Waals surface area contributed by atoms with Crippen molar-refractivity contribution < 1.29 is 23.8 Å². The van der Waals surface area contributed by atoms with E-state index in [-0.39, 0.29) is 17.6 Å². The van der Waals surface area contributed by atoms with Crippen molar-refractivity contribution in [3.05, 3.63) is 59.5 Å². The van der Waals surface area contributed by atoms with Crippen LogP contribution >= 0.6 is 0 Å². The number of nitrogens with one attached hydrogen (secondary N) is 2. The number of aromatic nitrogens is 1. The van der Waals surface area contributed by atoms with Crippen molar-refractivity contribution in [2.75, 3.05) is 52.3 Å². The number of fused-ring (bicyclic) bond motifs is 2. The molecule has 9 heteroatoms. The summed E-state index contributed by atoms with van der Waals surface area (Å²) >= 11 is 0. The average Bonchev–Trinajstić information content (AvgIpc) is 3.41. The minimum atomic E-state index is -0.354. The van der Waals surface area contributed by atoms with Crippen LogP contribution in [0.1, 0.15) is 22.3 Å². The molecule has 2 N–H and O–H groups in total. The van der Waals surface area contributed by atoms with Crippen LogP contribution in [0.2, 0.25) is 0 Å². The number of ketones is 1. The molecule has 0 saturated carbocycles. The first kappa shape index (κ1) is 23.9. The standard InChI is InChI=1S/C27H30N4O5/c1-28-27(33)29-19-4-7-24-22(15-19)26(32)25(36-24)14-18-17-31(9-3-8-30-10-12-35-13-11-30)23-6-5-20(34-2)16-21(18)23/h4-7,14-17H,3,8-13H2,1-2H3,(H2,28,29,33)/b25-14-. The topological polar surface area (TPSA) is 94.1 Å². The van der Waals surface area contributed by atoms with Crippen LogP contribution in [0.5, 0.6) is 11.5 Å². The molecule has 188 valence electrons. The first-order valence-electron chi connectivity index (χ1n) is 12.1. The van der Waals surface area contributed by atoms with Crippen molar-refractivity contribution in [3.63, 3.8) is 0 Å². The van der Waals surface area contributed by atoms with Crippen molar-refractivity contribution in [1.82, 2.24) is 14.8 Å². The second kappa shape index (κ2) is 10.4. The quantitative estimate of drug-likeness (QED) is 0.490. The van der Waals surface area contributed by atoms with Crippen molar-refractivity contribution in [2.45, 2.75) is 13.0 Å². The Morgan fingerprint density at radius 2 is 1.97 bits per heavy atom. The summed E-state index contributed by atoms with van der Waals surface area (Å²) in [4.78, 5) is 27.2. The number of ether oxygens (including phenoxy) is 3. The Labute approximate surface area is 209 Å². The van der Waals surface area contributed by atoms with E-state index in [9.17, 15) is 9.59 Å². The lowest BCUT2D eigenvalue weighted by atomic mass is 10.1. The van der Waals surface area contributed by atoms with E-state index in [0.717, 1.165) is 68.0 Å². The van der Waals surface area contributed by atoms with E-state index in [0.29, 0.717) is 17.0 Å². The molecule has 1 aromatic heterocycles. The Kier molecular flexibility index (Phi) is 6.92. The van der Waals surface area contributed by atoms with Crippen LogP contribution in [0, 0.1) is 0 Å². The van der Waals surface area contributed by atoms with Crippen LogP contribution in [-0.4, -0.2) is 68.3 Å². The number of carbonyl (C=O) groups is 2. The first-order valence-corrected chi connectivity index (χ1v) is 12.1. The van der Waals surface area contributed by atoms with Gasteiger partial charge in [0.25, 0.3) is 0 Å². The Hall–Kier alpha value is -3.82. The Balaban J connectivity index is 1.40. The van der Waals surface area contributed by atoms with Gasteiger partial charge in [0.15, 0.2) is 5.76 Å². The van der Waals surface area contributed by atoms with Crippen LogP contribution in [0.3, 0.4) is 0 Å². The van der Waals surface area contributed by atoms with Gasteiger partial charge in [-0.25, -0.2) is 4.79 Å². The molecule has 9 nitrogen and oxygen atoms in total. The fourth-order valence-corrected chi connectivity index (χ4v) is 4.62. The minimum Gasteiger partial charge on any atom is -0.497 e. The number of nitrogens with zero attached hydrogens (tertiary/aromatic N) is 2. The molecule has 3 aromatic rings. The molecule has 1 fully saturated rings. The van der Waals surface area contributed by atoms with Gasteiger partial charge in [-0.2, -0.15) is 0 Å². The van der Waals surface area contributed by atoms with Crippen molar-refractivity contribution >= 4 is 34.5 Å². The number of allylic oxidation sites excluding steroid dienone is 1. The van der Waals surface area contributed by atoms with Gasteiger partial charge in [-0.3, -0.25) is 9.69 Å². The van der Waals surface area contributed by atoms with E-state index >= 15 is 0 Å². The summed E-state index contributed by atoms with van der Waals surface area (Å²) in [5.41, 5.74) is 2.90. The maximum atomic E-state index is 13.2. The van der Waals surface area contributed by atoms with Crippen LogP contribution < -0.4 is 20.1 Å². The first-order chi connectivity index (χ1) is 17.6. The molecule has 3 heterocycles. The smallest absolute Gasteiger partial charge is 0.318 e. The van der Waals surface area contributed by atoms with E-state index in [2.05, 4.69) is 26.3 Å². The third-order valence-corrected chi connectivity index (χ3v) is 6.54. The Morgan fingerprint density at radius 3 is 2.75 bits per heavy atom. The molecule has 2 amide bonds. The lowest BCUT2D eigenvalue weighted by molar-refractivity contribution is 0.0369. The van der Waals surface area contributed by atoms with Crippen LogP contribution in [-0.2, 0) is 11.3 Å². The summed E-state index contributed by atoms with van der Waals surface area (Å²) < 4.78 is 19.0. The summed E-state index contributed by atoms with van der Waals surface area (Å²) in [5, 5.41) is 6.17. The number of rotatable bonds is 7. The number of hydrogen-bond donors (Lipinski definition) is 2. The largest absolute Gasteiger partial charge is 0.497 e. The fourth-order valence-electron chi connectivity index (χ4n) is 4.62. The zero-order valence-corrected chi connectivity index (χ0v) is 20.5. The van der Waals surface area contributed by atoms with Gasteiger partial charge in [0.05, 0.1) is 25.9 Å². The number of aryl methyl sites for hydroxylation is 1. The number of anilines is 1. The summed E-state index contributed by atoms with van der Waals surface area (Å²) in [6.07, 6.45) is 4.86. The van der Waals surface area contributed by atoms with Crippen molar-refractivity contribution in [1.29, 1.82) is 0 Å². The molecule has 0 aliphatic carbocycles. The normalized spacial score (nSPS) is 16.7. The molecule has 1 saturated heterocycles. The molecule has 0 bridgehead atoms. The summed E-state index contributed by atoms with van der Waals surface area (Å²) in [6, 6.07) is 10.7. The van der Waals surface area contributed by atoms with E-state index in [4.69, 9.17) is 14.2 Å². The number of Topliss-reactive ketones (excluding diaryl/α,β-unsaturated/α-hetero) is 1. The van der Waals surface area contributed by atoms with Gasteiger partial charge in [-0.05, 0) is 48.9 Å². The second-order valence-electron chi connectivity index (χ2n) is 8.82. The van der Waals surface area contributed by atoms with Crippen molar-refractivity contribution in [3.8, 4) is 11.5 Å². The summed E-state index contributed by atoms with van der Waals surface area (Å²) in [6.45, 7) is 5.40. The predicted molar refractivity (Wildman–Crippen MR) is 138 cm³/mol. The maximum Gasteiger partial charge on any atom is 0.318 e. The van der Waals surface area contributed by atoms with E-state index < -0.39 is 0 Å². The molecule has 2 aromatic carbocycles.